The van der Waals surface area contributed by atoms with E-state index in [0.29, 0.717) is 28.0 Å². The summed E-state index contributed by atoms with van der Waals surface area (Å²) in [7, 11) is 1.51. The van der Waals surface area contributed by atoms with Gasteiger partial charge in [-0.25, -0.2) is 14.1 Å². The number of benzene rings is 2. The molecule has 0 spiro atoms. The molecule has 25 heavy (non-hydrogen) atoms. The number of halogens is 2. The molecule has 6 nitrogen and oxygen atoms in total. The SMILES string of the molecule is COc1ccc(NC(=O)c2nc(C)n(-c3ccc(F)cc3)n2)cc1Cl. The third kappa shape index (κ3) is 3.61. The molecule has 0 aliphatic rings. The van der Waals surface area contributed by atoms with Crippen molar-refractivity contribution in [3.05, 3.63) is 65.0 Å². The smallest absolute Gasteiger partial charge is 0.295 e. The Balaban J connectivity index is 1.82. The highest BCUT2D eigenvalue weighted by Crippen LogP contribution is 2.27. The number of amides is 1. The van der Waals surface area contributed by atoms with Crippen molar-refractivity contribution in [1.29, 1.82) is 0 Å². The lowest BCUT2D eigenvalue weighted by atomic mass is 10.3. The van der Waals surface area contributed by atoms with Crippen molar-refractivity contribution in [1.82, 2.24) is 14.8 Å². The summed E-state index contributed by atoms with van der Waals surface area (Å²) >= 11 is 6.04. The van der Waals surface area contributed by atoms with Crippen LogP contribution in [-0.2, 0) is 0 Å². The van der Waals surface area contributed by atoms with Crippen LogP contribution < -0.4 is 10.1 Å². The van der Waals surface area contributed by atoms with E-state index in [0.717, 1.165) is 0 Å². The molecule has 0 aliphatic carbocycles. The number of aromatic nitrogens is 3. The molecule has 0 saturated carbocycles. The topological polar surface area (TPSA) is 69.0 Å². The fourth-order valence-corrected chi connectivity index (χ4v) is 2.50. The molecule has 1 amide bonds. The van der Waals surface area contributed by atoms with Gasteiger partial charge in [-0.1, -0.05) is 11.6 Å². The van der Waals surface area contributed by atoms with E-state index in [-0.39, 0.29) is 11.6 Å². The van der Waals surface area contributed by atoms with Crippen molar-refractivity contribution in [3.63, 3.8) is 0 Å². The Hall–Kier alpha value is -2.93. The molecule has 1 heterocycles. The predicted octanol–water partition coefficient (Wildman–Crippen LogP) is 3.63. The van der Waals surface area contributed by atoms with Crippen molar-refractivity contribution in [3.8, 4) is 11.4 Å². The number of methoxy groups -OCH3 is 1. The summed E-state index contributed by atoms with van der Waals surface area (Å²) in [6.07, 6.45) is 0. The van der Waals surface area contributed by atoms with Gasteiger partial charge in [0.15, 0.2) is 0 Å². The van der Waals surface area contributed by atoms with E-state index >= 15 is 0 Å². The summed E-state index contributed by atoms with van der Waals surface area (Å²) in [5.74, 6) is 0.175. The van der Waals surface area contributed by atoms with E-state index in [2.05, 4.69) is 15.4 Å². The molecule has 0 bridgehead atoms. The normalized spacial score (nSPS) is 10.6. The lowest BCUT2D eigenvalue weighted by Gasteiger charge is -2.06. The number of anilines is 1. The van der Waals surface area contributed by atoms with E-state index in [9.17, 15) is 9.18 Å². The zero-order valence-corrected chi connectivity index (χ0v) is 14.2. The van der Waals surface area contributed by atoms with Gasteiger partial charge >= 0.3 is 0 Å². The van der Waals surface area contributed by atoms with Gasteiger partial charge in [0.1, 0.15) is 17.4 Å². The molecule has 0 atom stereocenters. The van der Waals surface area contributed by atoms with Crippen LogP contribution in [0.2, 0.25) is 5.02 Å². The molecular weight excluding hydrogens is 347 g/mol. The van der Waals surface area contributed by atoms with Crippen LogP contribution in [0.5, 0.6) is 5.75 Å². The molecule has 3 rings (SSSR count). The fourth-order valence-electron chi connectivity index (χ4n) is 2.24. The molecule has 0 saturated heterocycles. The fraction of sp³-hybridized carbons (Fsp3) is 0.118. The molecule has 2 aromatic carbocycles. The van der Waals surface area contributed by atoms with E-state index in [4.69, 9.17) is 16.3 Å². The summed E-state index contributed by atoms with van der Waals surface area (Å²) in [5, 5.41) is 7.23. The first-order valence-corrected chi connectivity index (χ1v) is 7.70. The van der Waals surface area contributed by atoms with E-state index in [1.165, 1.54) is 23.9 Å². The number of hydrogen-bond donors (Lipinski definition) is 1. The summed E-state index contributed by atoms with van der Waals surface area (Å²) in [4.78, 5) is 16.5. The Morgan fingerprint density at radius 2 is 1.96 bits per heavy atom. The summed E-state index contributed by atoms with van der Waals surface area (Å²) in [6, 6.07) is 10.6. The van der Waals surface area contributed by atoms with Crippen LogP contribution in [0.1, 0.15) is 16.4 Å². The van der Waals surface area contributed by atoms with Gasteiger partial charge in [-0.3, -0.25) is 4.79 Å². The Morgan fingerprint density at radius 3 is 2.60 bits per heavy atom. The van der Waals surface area contributed by atoms with E-state index in [1.807, 2.05) is 0 Å². The highest BCUT2D eigenvalue weighted by molar-refractivity contribution is 6.32. The molecule has 0 radical (unpaired) electrons. The number of nitrogens with one attached hydrogen (secondary N) is 1. The molecule has 8 heteroatoms. The van der Waals surface area contributed by atoms with Crippen LogP contribution in [0.15, 0.2) is 42.5 Å². The van der Waals surface area contributed by atoms with Crippen LogP contribution >= 0.6 is 11.6 Å². The number of nitrogens with zero attached hydrogens (tertiary/aromatic N) is 3. The van der Waals surface area contributed by atoms with Crippen LogP contribution in [0.4, 0.5) is 10.1 Å². The van der Waals surface area contributed by atoms with Crippen LogP contribution in [0, 0.1) is 12.7 Å². The minimum atomic E-state index is -0.481. The van der Waals surface area contributed by atoms with E-state index < -0.39 is 5.91 Å². The predicted molar refractivity (Wildman–Crippen MR) is 92.0 cm³/mol. The minimum absolute atomic E-state index is 0.00577. The van der Waals surface area contributed by atoms with E-state index in [1.54, 1.807) is 37.3 Å². The lowest BCUT2D eigenvalue weighted by molar-refractivity contribution is 0.101. The van der Waals surface area contributed by atoms with Gasteiger partial charge in [-0.15, -0.1) is 5.10 Å². The average Bonchev–Trinajstić information content (AvgIpc) is 2.98. The first-order chi connectivity index (χ1) is 12.0. The van der Waals surface area contributed by atoms with Gasteiger partial charge in [-0.05, 0) is 49.4 Å². The third-order valence-electron chi connectivity index (χ3n) is 3.45. The maximum Gasteiger partial charge on any atom is 0.295 e. The maximum absolute atomic E-state index is 13.0. The Labute approximate surface area is 148 Å². The molecular formula is C17H14ClFN4O2. The summed E-state index contributed by atoms with van der Waals surface area (Å²) in [5.41, 5.74) is 1.10. The molecule has 3 aromatic rings. The number of aryl methyl sites for hydroxylation is 1. The number of hydrogen-bond acceptors (Lipinski definition) is 4. The highest BCUT2D eigenvalue weighted by atomic mass is 35.5. The second kappa shape index (κ2) is 6.90. The molecule has 1 N–H and O–H groups in total. The third-order valence-corrected chi connectivity index (χ3v) is 3.75. The van der Waals surface area contributed by atoms with Crippen LogP contribution in [0.25, 0.3) is 5.69 Å². The molecule has 1 aromatic heterocycles. The van der Waals surface area contributed by atoms with Crippen LogP contribution in [0.3, 0.4) is 0 Å². The van der Waals surface area contributed by atoms with Gasteiger partial charge in [0.25, 0.3) is 5.91 Å². The van der Waals surface area contributed by atoms with Crippen molar-refractivity contribution >= 4 is 23.2 Å². The minimum Gasteiger partial charge on any atom is -0.495 e. The number of carbonyl (C=O) groups is 1. The Kier molecular flexibility index (Phi) is 4.67. The average molecular weight is 361 g/mol. The second-order valence-electron chi connectivity index (χ2n) is 5.17. The van der Waals surface area contributed by atoms with Crippen LogP contribution in [-0.4, -0.2) is 27.8 Å². The number of ether oxygens (including phenoxy) is 1. The first kappa shape index (κ1) is 16.9. The largest absolute Gasteiger partial charge is 0.495 e. The highest BCUT2D eigenvalue weighted by Gasteiger charge is 2.16. The van der Waals surface area contributed by atoms with Crippen molar-refractivity contribution in [2.75, 3.05) is 12.4 Å². The lowest BCUT2D eigenvalue weighted by Crippen LogP contribution is -2.14. The van der Waals surface area contributed by atoms with Crippen molar-refractivity contribution < 1.29 is 13.9 Å². The van der Waals surface area contributed by atoms with Gasteiger partial charge < -0.3 is 10.1 Å². The number of rotatable bonds is 4. The monoisotopic (exact) mass is 360 g/mol. The summed E-state index contributed by atoms with van der Waals surface area (Å²) in [6.45, 7) is 1.71. The van der Waals surface area contributed by atoms with Gasteiger partial charge in [0.2, 0.25) is 5.82 Å². The zero-order valence-electron chi connectivity index (χ0n) is 13.5. The molecule has 0 aliphatic heterocycles. The molecule has 128 valence electrons. The number of carbonyl (C=O) groups excluding carboxylic acids is 1. The van der Waals surface area contributed by atoms with Gasteiger partial charge in [0, 0.05) is 5.69 Å². The maximum atomic E-state index is 13.0. The Morgan fingerprint density at radius 1 is 1.24 bits per heavy atom. The van der Waals surface area contributed by atoms with Crippen molar-refractivity contribution in [2.45, 2.75) is 6.92 Å². The zero-order chi connectivity index (χ0) is 18.0. The van der Waals surface area contributed by atoms with Gasteiger partial charge in [-0.2, -0.15) is 0 Å². The Bertz CT molecular complexity index is 925. The standard InChI is InChI=1S/C17H14ClFN4O2/c1-10-20-16(22-23(10)13-6-3-11(19)4-7-13)17(24)21-12-5-8-15(25-2)14(18)9-12/h3-9H,1-2H3,(H,21,24). The quantitative estimate of drug-likeness (QED) is 0.771. The molecule has 0 unspecified atom stereocenters. The van der Waals surface area contributed by atoms with Gasteiger partial charge in [0.05, 0.1) is 17.8 Å². The second-order valence-corrected chi connectivity index (χ2v) is 5.58. The first-order valence-electron chi connectivity index (χ1n) is 7.32. The van der Waals surface area contributed by atoms with Crippen molar-refractivity contribution in [2.24, 2.45) is 0 Å². The molecule has 0 fully saturated rings. The summed E-state index contributed by atoms with van der Waals surface area (Å²) < 4.78 is 19.6.